The molecule has 0 heterocycles. The van der Waals surface area contributed by atoms with Crippen LogP contribution in [0.1, 0.15) is 31.2 Å². The molecule has 0 bridgehead atoms. The Bertz CT molecular complexity index is 304. The second kappa shape index (κ2) is 2.74. The molecule has 70 valence electrons. The molecule has 2 atom stereocenters. The second-order valence-electron chi connectivity index (χ2n) is 4.01. The van der Waals surface area contributed by atoms with Crippen LogP contribution in [0.2, 0.25) is 0 Å². The minimum Gasteiger partial charge on any atom is -0.399 e. The molecule has 1 fully saturated rings. The zero-order chi connectivity index (χ0) is 9.47. The van der Waals surface area contributed by atoms with Gasteiger partial charge in [-0.3, -0.25) is 0 Å². The standard InChI is InChI=1S/C11H16N2/c1-2-11(13)7-10(11)8-3-5-9(12)6-4-8/h3-6,10H,2,7,12-13H2,1H3/t10-,11+/m1/s1. The monoisotopic (exact) mass is 176 g/mol. The molecule has 0 aromatic heterocycles. The lowest BCUT2D eigenvalue weighted by Crippen LogP contribution is -2.22. The summed E-state index contributed by atoms with van der Waals surface area (Å²) in [5.74, 6) is 0.554. The molecule has 13 heavy (non-hydrogen) atoms. The Hall–Kier alpha value is -1.02. The normalized spacial score (nSPS) is 31.7. The van der Waals surface area contributed by atoms with Crippen LogP contribution in [0, 0.1) is 0 Å². The second-order valence-corrected chi connectivity index (χ2v) is 4.01. The summed E-state index contributed by atoms with van der Waals surface area (Å²) in [5.41, 5.74) is 14.0. The van der Waals surface area contributed by atoms with Gasteiger partial charge in [-0.2, -0.15) is 0 Å². The summed E-state index contributed by atoms with van der Waals surface area (Å²) < 4.78 is 0. The Morgan fingerprint density at radius 2 is 2.00 bits per heavy atom. The number of nitrogens with two attached hydrogens (primary N) is 2. The summed E-state index contributed by atoms with van der Waals surface area (Å²) in [6.45, 7) is 2.15. The number of hydrogen-bond acceptors (Lipinski definition) is 2. The van der Waals surface area contributed by atoms with E-state index < -0.39 is 0 Å². The number of rotatable bonds is 2. The Balaban J connectivity index is 2.16. The van der Waals surface area contributed by atoms with E-state index in [1.807, 2.05) is 12.1 Å². The smallest absolute Gasteiger partial charge is 0.0314 e. The van der Waals surface area contributed by atoms with Gasteiger partial charge in [0.15, 0.2) is 0 Å². The third-order valence-corrected chi connectivity index (χ3v) is 3.12. The van der Waals surface area contributed by atoms with Crippen molar-refractivity contribution in [2.75, 3.05) is 5.73 Å². The fourth-order valence-corrected chi connectivity index (χ4v) is 1.89. The minimum atomic E-state index is 0.0656. The Labute approximate surface area is 78.9 Å². The summed E-state index contributed by atoms with van der Waals surface area (Å²) >= 11 is 0. The average Bonchev–Trinajstić information content (AvgIpc) is 2.81. The van der Waals surface area contributed by atoms with Crippen LogP contribution >= 0.6 is 0 Å². The first kappa shape index (κ1) is 8.57. The van der Waals surface area contributed by atoms with E-state index in [2.05, 4.69) is 19.1 Å². The van der Waals surface area contributed by atoms with Crippen LogP contribution < -0.4 is 11.5 Å². The molecule has 0 saturated heterocycles. The van der Waals surface area contributed by atoms with Gasteiger partial charge in [0, 0.05) is 17.1 Å². The highest BCUT2D eigenvalue weighted by Crippen LogP contribution is 2.51. The van der Waals surface area contributed by atoms with Gasteiger partial charge < -0.3 is 11.5 Å². The van der Waals surface area contributed by atoms with E-state index in [9.17, 15) is 0 Å². The fourth-order valence-electron chi connectivity index (χ4n) is 1.89. The van der Waals surface area contributed by atoms with E-state index in [1.165, 1.54) is 5.56 Å². The van der Waals surface area contributed by atoms with Crippen molar-refractivity contribution >= 4 is 5.69 Å². The van der Waals surface area contributed by atoms with Crippen LogP contribution in [-0.4, -0.2) is 5.54 Å². The molecule has 1 aliphatic carbocycles. The lowest BCUT2D eigenvalue weighted by Gasteiger charge is -2.07. The number of anilines is 1. The topological polar surface area (TPSA) is 52.0 Å². The van der Waals surface area contributed by atoms with E-state index in [1.54, 1.807) is 0 Å². The summed E-state index contributed by atoms with van der Waals surface area (Å²) in [6, 6.07) is 8.07. The van der Waals surface area contributed by atoms with Crippen LogP contribution in [0.15, 0.2) is 24.3 Å². The molecule has 1 aromatic rings. The van der Waals surface area contributed by atoms with Gasteiger partial charge in [0.05, 0.1) is 0 Å². The van der Waals surface area contributed by atoms with Gasteiger partial charge in [-0.1, -0.05) is 19.1 Å². The van der Waals surface area contributed by atoms with Gasteiger partial charge in [0.25, 0.3) is 0 Å². The van der Waals surface area contributed by atoms with Crippen LogP contribution in [0.25, 0.3) is 0 Å². The predicted molar refractivity (Wildman–Crippen MR) is 55.4 cm³/mol. The molecule has 2 nitrogen and oxygen atoms in total. The van der Waals surface area contributed by atoms with E-state index in [-0.39, 0.29) is 5.54 Å². The first-order chi connectivity index (χ1) is 6.15. The average molecular weight is 176 g/mol. The molecule has 0 spiro atoms. The van der Waals surface area contributed by atoms with Crippen molar-refractivity contribution in [1.29, 1.82) is 0 Å². The number of nitrogen functional groups attached to an aromatic ring is 1. The van der Waals surface area contributed by atoms with E-state index in [0.29, 0.717) is 5.92 Å². The molecule has 0 aliphatic heterocycles. The lowest BCUT2D eigenvalue weighted by atomic mass is 10.0. The maximum atomic E-state index is 6.13. The van der Waals surface area contributed by atoms with Gasteiger partial charge in [-0.25, -0.2) is 0 Å². The van der Waals surface area contributed by atoms with Gasteiger partial charge in [0.2, 0.25) is 0 Å². The van der Waals surface area contributed by atoms with Gasteiger partial charge in [0.1, 0.15) is 0 Å². The first-order valence-corrected chi connectivity index (χ1v) is 4.80. The van der Waals surface area contributed by atoms with Gasteiger partial charge in [-0.05, 0) is 30.5 Å². The summed E-state index contributed by atoms with van der Waals surface area (Å²) in [7, 11) is 0. The molecular weight excluding hydrogens is 160 g/mol. The summed E-state index contributed by atoms with van der Waals surface area (Å²) in [4.78, 5) is 0. The number of benzene rings is 1. The quantitative estimate of drug-likeness (QED) is 0.676. The molecule has 0 radical (unpaired) electrons. The molecule has 1 saturated carbocycles. The van der Waals surface area contributed by atoms with E-state index in [4.69, 9.17) is 11.5 Å². The highest BCUT2D eigenvalue weighted by atomic mass is 14.9. The maximum Gasteiger partial charge on any atom is 0.0314 e. The lowest BCUT2D eigenvalue weighted by molar-refractivity contribution is 0.626. The van der Waals surface area contributed by atoms with Crippen LogP contribution in [0.3, 0.4) is 0 Å². The van der Waals surface area contributed by atoms with Crippen molar-refractivity contribution in [3.8, 4) is 0 Å². The largest absolute Gasteiger partial charge is 0.399 e. The maximum absolute atomic E-state index is 6.13. The van der Waals surface area contributed by atoms with Crippen molar-refractivity contribution in [1.82, 2.24) is 0 Å². The molecular formula is C11H16N2. The molecule has 0 amide bonds. The third-order valence-electron chi connectivity index (χ3n) is 3.12. The zero-order valence-corrected chi connectivity index (χ0v) is 7.96. The third kappa shape index (κ3) is 1.42. The van der Waals surface area contributed by atoms with E-state index >= 15 is 0 Å². The number of hydrogen-bond donors (Lipinski definition) is 2. The van der Waals surface area contributed by atoms with Crippen LogP contribution in [0.4, 0.5) is 5.69 Å². The van der Waals surface area contributed by atoms with Crippen LogP contribution in [-0.2, 0) is 0 Å². The highest BCUT2D eigenvalue weighted by Gasteiger charge is 2.49. The van der Waals surface area contributed by atoms with Crippen molar-refractivity contribution in [2.24, 2.45) is 5.73 Å². The predicted octanol–water partition coefficient (Wildman–Crippen LogP) is 1.86. The molecule has 1 aliphatic rings. The van der Waals surface area contributed by atoms with Crippen molar-refractivity contribution < 1.29 is 0 Å². The van der Waals surface area contributed by atoms with Crippen molar-refractivity contribution in [2.45, 2.75) is 31.2 Å². The Morgan fingerprint density at radius 1 is 1.38 bits per heavy atom. The Morgan fingerprint density at radius 3 is 2.46 bits per heavy atom. The minimum absolute atomic E-state index is 0.0656. The van der Waals surface area contributed by atoms with Gasteiger partial charge in [-0.15, -0.1) is 0 Å². The van der Waals surface area contributed by atoms with E-state index in [0.717, 1.165) is 18.5 Å². The summed E-state index contributed by atoms with van der Waals surface area (Å²) in [6.07, 6.45) is 2.18. The van der Waals surface area contributed by atoms with Crippen LogP contribution in [0.5, 0.6) is 0 Å². The van der Waals surface area contributed by atoms with Crippen molar-refractivity contribution in [3.05, 3.63) is 29.8 Å². The molecule has 2 rings (SSSR count). The zero-order valence-electron chi connectivity index (χ0n) is 7.96. The molecule has 2 heteroatoms. The Kier molecular flexibility index (Phi) is 1.81. The van der Waals surface area contributed by atoms with Crippen molar-refractivity contribution in [3.63, 3.8) is 0 Å². The first-order valence-electron chi connectivity index (χ1n) is 4.80. The SMILES string of the molecule is CC[C@]1(N)C[C@@H]1c1ccc(N)cc1. The fraction of sp³-hybridized carbons (Fsp3) is 0.455. The van der Waals surface area contributed by atoms with Gasteiger partial charge >= 0.3 is 0 Å². The summed E-state index contributed by atoms with van der Waals surface area (Å²) in [5, 5.41) is 0. The molecule has 1 aromatic carbocycles. The highest BCUT2D eigenvalue weighted by molar-refractivity contribution is 5.43. The molecule has 0 unspecified atom stereocenters. The molecule has 4 N–H and O–H groups in total.